The molecule has 192 valence electrons. The Labute approximate surface area is 219 Å². The van der Waals surface area contributed by atoms with Crippen molar-refractivity contribution >= 4 is 43.1 Å². The van der Waals surface area contributed by atoms with Crippen molar-refractivity contribution in [2.24, 2.45) is 4.99 Å². The second-order valence-corrected chi connectivity index (χ2v) is 10.8. The molecule has 0 aliphatic carbocycles. The van der Waals surface area contributed by atoms with Crippen LogP contribution in [-0.2, 0) is 15.1 Å². The summed E-state index contributed by atoms with van der Waals surface area (Å²) in [7, 11) is 0. The van der Waals surface area contributed by atoms with Crippen LogP contribution in [0.3, 0.4) is 0 Å². The summed E-state index contributed by atoms with van der Waals surface area (Å²) in [5.74, 6) is -0.799. The Balaban J connectivity index is 1.58. The number of alkyl halides is 3. The van der Waals surface area contributed by atoms with Crippen LogP contribution in [-0.4, -0.2) is 64.2 Å². The fourth-order valence-electron chi connectivity index (χ4n) is 4.15. The zero-order valence-corrected chi connectivity index (χ0v) is 22.4. The summed E-state index contributed by atoms with van der Waals surface area (Å²) in [6.07, 6.45) is 6.45. The first kappa shape index (κ1) is 26.4. The smallest absolute Gasteiger partial charge is 0.316 e. The van der Waals surface area contributed by atoms with Gasteiger partial charge in [-0.05, 0) is 58.4 Å². The predicted octanol–water partition coefficient (Wildman–Crippen LogP) is 3.98. The number of nitrogens with one attached hydrogen (secondary N) is 1. The summed E-state index contributed by atoms with van der Waals surface area (Å²) >= 11 is -1.62. The van der Waals surface area contributed by atoms with Gasteiger partial charge in [0.25, 0.3) is 5.91 Å². The second kappa shape index (κ2) is 11.6. The number of pyridine rings is 1. The summed E-state index contributed by atoms with van der Waals surface area (Å²) in [5.41, 5.74) is 2.89. The van der Waals surface area contributed by atoms with E-state index in [1.807, 2.05) is 13.0 Å². The zero-order valence-electron chi connectivity index (χ0n) is 20.3. The largest absolute Gasteiger partial charge is 0.378 e. The van der Waals surface area contributed by atoms with Crippen LogP contribution < -0.4 is 10.2 Å². The lowest BCUT2D eigenvalue weighted by Crippen LogP contribution is -2.37. The van der Waals surface area contributed by atoms with Crippen molar-refractivity contribution in [1.29, 1.82) is 0 Å². The van der Waals surface area contributed by atoms with Crippen LogP contribution in [0.2, 0.25) is 0 Å². The Hall–Kier alpha value is -2.67. The molecule has 4 heterocycles. The van der Waals surface area contributed by atoms with Crippen molar-refractivity contribution in [3.05, 3.63) is 58.8 Å². The maximum absolute atomic E-state index is 14.1. The molecule has 2 unspecified atom stereocenters. The summed E-state index contributed by atoms with van der Waals surface area (Å²) in [5, 5.41) is 11.8. The molecule has 0 aromatic carbocycles. The fraction of sp³-hybridized carbons (Fsp3) is 0.440. The molecule has 2 aromatic heterocycles. The normalized spacial score (nSPS) is 20.2. The summed E-state index contributed by atoms with van der Waals surface area (Å²) in [6.45, 7) is 7.00. The van der Waals surface area contributed by atoms with E-state index in [4.69, 9.17) is 4.74 Å². The minimum atomic E-state index is -3.02. The molecule has 0 saturated carbocycles. The van der Waals surface area contributed by atoms with Crippen molar-refractivity contribution in [2.75, 3.05) is 31.2 Å². The molecule has 2 aromatic rings. The molecule has 0 spiro atoms. The molecule has 1 fully saturated rings. The van der Waals surface area contributed by atoms with E-state index < -0.39 is 30.6 Å². The van der Waals surface area contributed by atoms with Crippen LogP contribution in [0.15, 0.2) is 41.2 Å². The number of nitrogens with zero attached hydrogens (tertiary/aromatic N) is 5. The zero-order chi connectivity index (χ0) is 25.7. The van der Waals surface area contributed by atoms with Gasteiger partial charge in [0.2, 0.25) is 0 Å². The summed E-state index contributed by atoms with van der Waals surface area (Å²) < 4.78 is 34.0. The maximum Gasteiger partial charge on any atom is 0.316 e. The van der Waals surface area contributed by atoms with Gasteiger partial charge in [0.1, 0.15) is 5.69 Å². The first-order valence-electron chi connectivity index (χ1n) is 11.8. The van der Waals surface area contributed by atoms with Gasteiger partial charge in [0.15, 0.2) is 0 Å². The lowest BCUT2D eigenvalue weighted by molar-refractivity contribution is 0.0961. The van der Waals surface area contributed by atoms with Gasteiger partial charge in [-0.2, -0.15) is 19.0 Å². The number of dihydropyridines is 1. The standard InChI is InChI=1S/C25H29F2IN6O2/c1-4-5-20-23(34-8-10-36-11-9-34)14-21(33-32-20)19-13-18(15-30-16(19)2)31-24(35)22-12-17(6-7-29-22)25(26,27)28-3/h6-7,12-16,19H,3-5,8-11H2,1-2H3,(H,31,35). The molecule has 36 heavy (non-hydrogen) atoms. The highest BCUT2D eigenvalue weighted by Crippen LogP contribution is 2.38. The van der Waals surface area contributed by atoms with E-state index in [1.54, 1.807) is 6.21 Å². The number of ether oxygens (including phenoxy) is 1. The SMILES string of the molecule is C=IC(F)(F)c1ccnc(C(=O)NC2=CC(c3cc(N4CCOCC4)c(CCC)nn3)C(C)N=C2)c1. The number of allylic oxidation sites excluding steroid dienone is 1. The molecular formula is C25H29F2IN6O2. The van der Waals surface area contributed by atoms with E-state index in [0.29, 0.717) is 18.9 Å². The van der Waals surface area contributed by atoms with E-state index in [9.17, 15) is 13.6 Å². The number of halogens is 3. The molecule has 8 nitrogen and oxygen atoms in total. The van der Waals surface area contributed by atoms with Gasteiger partial charge in [-0.15, -0.1) is 0 Å². The van der Waals surface area contributed by atoms with Crippen LogP contribution in [0.4, 0.5) is 14.5 Å². The number of carbonyl (C=O) groups excluding carboxylic acids is 1. The van der Waals surface area contributed by atoms with Crippen LogP contribution in [0.5, 0.6) is 0 Å². The van der Waals surface area contributed by atoms with Gasteiger partial charge < -0.3 is 15.0 Å². The molecule has 0 bridgehead atoms. The minimum absolute atomic E-state index is 0.0904. The molecule has 2 aliphatic rings. The van der Waals surface area contributed by atoms with E-state index >= 15 is 0 Å². The Bertz CT molecular complexity index is 1180. The lowest BCUT2D eigenvalue weighted by Gasteiger charge is -2.31. The number of morpholine rings is 1. The number of aliphatic imine (C=N–C) groups is 1. The summed E-state index contributed by atoms with van der Waals surface area (Å²) in [6, 6.07) is 4.28. The highest BCUT2D eigenvalue weighted by atomic mass is 127. The molecular weight excluding hydrogens is 581 g/mol. The predicted molar refractivity (Wildman–Crippen MR) is 145 cm³/mol. The third-order valence-corrected chi connectivity index (χ3v) is 7.70. The van der Waals surface area contributed by atoms with Gasteiger partial charge in [0.05, 0.1) is 42.0 Å². The molecule has 11 heteroatoms. The Kier molecular flexibility index (Phi) is 8.50. The number of rotatable bonds is 8. The molecule has 1 N–H and O–H groups in total. The molecule has 1 amide bonds. The Morgan fingerprint density at radius 1 is 1.31 bits per heavy atom. The van der Waals surface area contributed by atoms with Crippen LogP contribution in [0, 0.1) is 0 Å². The van der Waals surface area contributed by atoms with Crippen molar-refractivity contribution < 1.29 is 18.3 Å². The van der Waals surface area contributed by atoms with E-state index in [-0.39, 0.29) is 23.2 Å². The first-order valence-corrected chi connectivity index (χ1v) is 14.4. The number of anilines is 1. The second-order valence-electron chi connectivity index (χ2n) is 8.63. The van der Waals surface area contributed by atoms with Gasteiger partial charge in [-0.25, -0.2) is 0 Å². The number of hydrogen-bond donors (Lipinski definition) is 1. The number of hydrogen-bond acceptors (Lipinski definition) is 7. The highest BCUT2D eigenvalue weighted by Gasteiger charge is 2.30. The minimum Gasteiger partial charge on any atom is -0.378 e. The van der Waals surface area contributed by atoms with Crippen LogP contribution in [0.25, 0.3) is 0 Å². The average molecular weight is 610 g/mol. The van der Waals surface area contributed by atoms with Gasteiger partial charge in [-0.1, -0.05) is 17.9 Å². The monoisotopic (exact) mass is 610 g/mol. The van der Waals surface area contributed by atoms with Gasteiger partial charge in [0, 0.05) is 37.0 Å². The number of amides is 1. The Morgan fingerprint density at radius 2 is 2.08 bits per heavy atom. The topological polar surface area (TPSA) is 92.6 Å². The van der Waals surface area contributed by atoms with E-state index in [1.165, 1.54) is 12.3 Å². The number of carbonyl (C=O) groups is 1. The van der Waals surface area contributed by atoms with Gasteiger partial charge >= 0.3 is 3.93 Å². The summed E-state index contributed by atoms with van der Waals surface area (Å²) in [4.78, 5) is 23.6. The molecule has 2 aliphatic heterocycles. The molecule has 2 atom stereocenters. The average Bonchev–Trinajstić information content (AvgIpc) is 2.91. The maximum atomic E-state index is 14.1. The lowest BCUT2D eigenvalue weighted by atomic mass is 9.93. The van der Waals surface area contributed by atoms with Crippen molar-refractivity contribution in [3.8, 4) is 0 Å². The van der Waals surface area contributed by atoms with Crippen LogP contribution >= 0.6 is 20.7 Å². The van der Waals surface area contributed by atoms with Crippen molar-refractivity contribution in [3.63, 3.8) is 0 Å². The molecule has 4 rings (SSSR count). The van der Waals surface area contributed by atoms with E-state index in [0.717, 1.165) is 49.1 Å². The van der Waals surface area contributed by atoms with Crippen molar-refractivity contribution in [1.82, 2.24) is 20.5 Å². The molecule has 1 saturated heterocycles. The van der Waals surface area contributed by atoms with E-state index in [2.05, 4.69) is 47.9 Å². The fourth-order valence-corrected chi connectivity index (χ4v) is 4.93. The quantitative estimate of drug-likeness (QED) is 0.359. The highest BCUT2D eigenvalue weighted by molar-refractivity contribution is 14.2. The third-order valence-electron chi connectivity index (χ3n) is 6.12. The van der Waals surface area contributed by atoms with Crippen LogP contribution in [0.1, 0.15) is 53.6 Å². The van der Waals surface area contributed by atoms with Gasteiger partial charge in [-0.3, -0.25) is 14.8 Å². The molecule has 0 radical (unpaired) electrons. The van der Waals surface area contributed by atoms with Crippen molar-refractivity contribution in [2.45, 2.75) is 42.6 Å². The first-order chi connectivity index (χ1) is 17.3. The number of aryl methyl sites for hydroxylation is 1. The number of aromatic nitrogens is 3. The third kappa shape index (κ3) is 6.00. The Morgan fingerprint density at radius 3 is 2.81 bits per heavy atom.